The summed E-state index contributed by atoms with van der Waals surface area (Å²) in [5.74, 6) is 0.250. The number of nitrogens with one attached hydrogen (secondary N) is 1. The van der Waals surface area contributed by atoms with E-state index in [0.717, 1.165) is 0 Å². The van der Waals surface area contributed by atoms with E-state index in [1.165, 1.54) is 0 Å². The van der Waals surface area contributed by atoms with Crippen molar-refractivity contribution in [1.29, 1.82) is 5.26 Å². The maximum absolute atomic E-state index is 12.1. The minimum absolute atomic E-state index is 0.202. The first-order valence-corrected chi connectivity index (χ1v) is 6.24. The molecule has 0 bridgehead atoms. The molecule has 0 radical (unpaired) electrons. The highest BCUT2D eigenvalue weighted by Gasteiger charge is 2.49. The van der Waals surface area contributed by atoms with Gasteiger partial charge >= 0.3 is 0 Å². The van der Waals surface area contributed by atoms with Gasteiger partial charge in [0.15, 0.2) is 0 Å². The summed E-state index contributed by atoms with van der Waals surface area (Å²) in [6.07, 6.45) is 4.70. The Balaban J connectivity index is 2.05. The molecule has 1 aliphatic rings. The second kappa shape index (κ2) is 4.45. The Morgan fingerprint density at radius 2 is 2.33 bits per heavy atom. The van der Waals surface area contributed by atoms with Gasteiger partial charge in [-0.2, -0.15) is 10.4 Å². The van der Waals surface area contributed by atoms with E-state index in [4.69, 9.17) is 5.26 Å². The van der Waals surface area contributed by atoms with E-state index in [0.29, 0.717) is 24.4 Å². The van der Waals surface area contributed by atoms with Gasteiger partial charge in [-0.05, 0) is 32.6 Å². The van der Waals surface area contributed by atoms with Crippen molar-refractivity contribution in [2.45, 2.75) is 39.7 Å². The Labute approximate surface area is 107 Å². The van der Waals surface area contributed by atoms with E-state index in [9.17, 15) is 4.79 Å². The molecule has 1 aromatic heterocycles. The highest BCUT2D eigenvalue weighted by Crippen LogP contribution is 2.45. The first kappa shape index (κ1) is 12.6. The molecule has 0 saturated heterocycles. The van der Waals surface area contributed by atoms with Gasteiger partial charge in [0.2, 0.25) is 5.91 Å². The van der Waals surface area contributed by atoms with Gasteiger partial charge in [0.25, 0.3) is 0 Å². The van der Waals surface area contributed by atoms with Crippen molar-refractivity contribution in [3.63, 3.8) is 0 Å². The van der Waals surface area contributed by atoms with Crippen LogP contribution in [0.3, 0.4) is 0 Å². The molecular formula is C13H18N4O. The molecule has 1 saturated carbocycles. The summed E-state index contributed by atoms with van der Waals surface area (Å²) in [6, 6.07) is 2.41. The predicted octanol–water partition coefficient (Wildman–Crippen LogP) is 2.34. The number of nitrogens with zero attached hydrogens (tertiary/aromatic N) is 3. The molecule has 2 rings (SSSR count). The SMILES string of the molecule is CC1CC(C#N)(C(=O)Nc2cnn(C(C)C)c2)C1. The molecule has 0 aromatic carbocycles. The zero-order valence-corrected chi connectivity index (χ0v) is 11.0. The van der Waals surface area contributed by atoms with Gasteiger partial charge in [-0.1, -0.05) is 6.92 Å². The topological polar surface area (TPSA) is 70.7 Å². The second-order valence-corrected chi connectivity index (χ2v) is 5.46. The normalized spacial score (nSPS) is 26.5. The number of amides is 1. The minimum atomic E-state index is -0.834. The lowest BCUT2D eigenvalue weighted by Gasteiger charge is -2.38. The lowest BCUT2D eigenvalue weighted by atomic mass is 9.63. The van der Waals surface area contributed by atoms with Gasteiger partial charge in [-0.3, -0.25) is 9.48 Å². The van der Waals surface area contributed by atoms with Crippen LogP contribution >= 0.6 is 0 Å². The highest BCUT2D eigenvalue weighted by molar-refractivity contribution is 5.97. The fraction of sp³-hybridized carbons (Fsp3) is 0.615. The molecule has 0 aliphatic heterocycles. The maximum Gasteiger partial charge on any atom is 0.244 e. The number of hydrogen-bond donors (Lipinski definition) is 1. The molecule has 5 nitrogen and oxygen atoms in total. The van der Waals surface area contributed by atoms with E-state index >= 15 is 0 Å². The van der Waals surface area contributed by atoms with Crippen molar-refractivity contribution in [3.8, 4) is 6.07 Å². The lowest BCUT2D eigenvalue weighted by Crippen LogP contribution is -2.44. The van der Waals surface area contributed by atoms with Crippen molar-refractivity contribution < 1.29 is 4.79 Å². The molecule has 1 amide bonds. The number of carbonyl (C=O) groups is 1. The van der Waals surface area contributed by atoms with E-state index in [2.05, 4.69) is 23.4 Å². The van der Waals surface area contributed by atoms with Crippen LogP contribution in [-0.4, -0.2) is 15.7 Å². The van der Waals surface area contributed by atoms with Crippen molar-refractivity contribution in [1.82, 2.24) is 9.78 Å². The van der Waals surface area contributed by atoms with Crippen molar-refractivity contribution in [2.24, 2.45) is 11.3 Å². The number of rotatable bonds is 3. The molecule has 18 heavy (non-hydrogen) atoms. The van der Waals surface area contributed by atoms with Crippen molar-refractivity contribution in [2.75, 3.05) is 5.32 Å². The quantitative estimate of drug-likeness (QED) is 0.889. The Bertz CT molecular complexity index is 491. The highest BCUT2D eigenvalue weighted by atomic mass is 16.2. The molecule has 1 fully saturated rings. The summed E-state index contributed by atoms with van der Waals surface area (Å²) in [6.45, 7) is 6.09. The van der Waals surface area contributed by atoms with Crippen molar-refractivity contribution >= 4 is 11.6 Å². The molecule has 96 valence electrons. The number of nitriles is 1. The summed E-state index contributed by atoms with van der Waals surface area (Å²) in [5, 5.41) is 16.1. The smallest absolute Gasteiger partial charge is 0.244 e. The standard InChI is InChI=1S/C13H18N4O/c1-9(2)17-7-11(6-15-17)16-12(18)13(8-14)4-10(3)5-13/h6-7,9-10H,4-5H2,1-3H3,(H,16,18). The van der Waals surface area contributed by atoms with Gasteiger partial charge in [0.05, 0.1) is 18.0 Å². The van der Waals surface area contributed by atoms with Crippen molar-refractivity contribution in [3.05, 3.63) is 12.4 Å². The van der Waals surface area contributed by atoms with Gasteiger partial charge in [-0.15, -0.1) is 0 Å². The van der Waals surface area contributed by atoms with Crippen LogP contribution in [0.25, 0.3) is 0 Å². The largest absolute Gasteiger partial charge is 0.322 e. The molecule has 1 aliphatic carbocycles. The fourth-order valence-electron chi connectivity index (χ4n) is 2.39. The Morgan fingerprint density at radius 3 is 2.78 bits per heavy atom. The number of carbonyl (C=O) groups excluding carboxylic acids is 1. The summed E-state index contributed by atoms with van der Waals surface area (Å²) in [7, 11) is 0. The molecule has 1 N–H and O–H groups in total. The van der Waals surface area contributed by atoms with Crippen LogP contribution in [0, 0.1) is 22.7 Å². The monoisotopic (exact) mass is 246 g/mol. The van der Waals surface area contributed by atoms with Crippen LogP contribution in [0.2, 0.25) is 0 Å². The third-order valence-corrected chi connectivity index (χ3v) is 3.43. The molecule has 5 heteroatoms. The van der Waals surface area contributed by atoms with Crippen LogP contribution in [-0.2, 0) is 4.79 Å². The summed E-state index contributed by atoms with van der Waals surface area (Å²) < 4.78 is 1.78. The second-order valence-electron chi connectivity index (χ2n) is 5.46. The molecule has 1 aromatic rings. The van der Waals surface area contributed by atoms with Crippen LogP contribution in [0.15, 0.2) is 12.4 Å². The van der Waals surface area contributed by atoms with Gasteiger partial charge in [0, 0.05) is 12.2 Å². The summed E-state index contributed by atoms with van der Waals surface area (Å²) in [5.41, 5.74) is -0.179. The average Bonchev–Trinajstić information content (AvgIpc) is 2.72. The van der Waals surface area contributed by atoms with E-state index in [1.54, 1.807) is 17.1 Å². The fourth-order valence-corrected chi connectivity index (χ4v) is 2.39. The lowest BCUT2D eigenvalue weighted by molar-refractivity contribution is -0.128. The van der Waals surface area contributed by atoms with Gasteiger partial charge in [-0.25, -0.2) is 0 Å². The minimum Gasteiger partial charge on any atom is -0.322 e. The number of hydrogen-bond acceptors (Lipinski definition) is 3. The Kier molecular flexibility index (Phi) is 3.12. The van der Waals surface area contributed by atoms with E-state index < -0.39 is 5.41 Å². The number of aromatic nitrogens is 2. The molecule has 0 unspecified atom stereocenters. The van der Waals surface area contributed by atoms with Crippen LogP contribution in [0.4, 0.5) is 5.69 Å². The summed E-state index contributed by atoms with van der Waals surface area (Å²) >= 11 is 0. The first-order valence-electron chi connectivity index (χ1n) is 6.24. The third kappa shape index (κ3) is 2.10. The van der Waals surface area contributed by atoms with E-state index in [1.807, 2.05) is 13.8 Å². The zero-order chi connectivity index (χ0) is 13.3. The van der Waals surface area contributed by atoms with Crippen LogP contribution < -0.4 is 5.32 Å². The Morgan fingerprint density at radius 1 is 1.67 bits per heavy atom. The first-order chi connectivity index (χ1) is 8.47. The van der Waals surface area contributed by atoms with E-state index in [-0.39, 0.29) is 11.9 Å². The molecule has 0 spiro atoms. The summed E-state index contributed by atoms with van der Waals surface area (Å²) in [4.78, 5) is 12.1. The third-order valence-electron chi connectivity index (χ3n) is 3.43. The molecule has 0 atom stereocenters. The van der Waals surface area contributed by atoms with Gasteiger partial charge < -0.3 is 5.32 Å². The molecular weight excluding hydrogens is 228 g/mol. The van der Waals surface area contributed by atoms with Gasteiger partial charge in [0.1, 0.15) is 5.41 Å². The predicted molar refractivity (Wildman–Crippen MR) is 67.7 cm³/mol. The molecule has 1 heterocycles. The van der Waals surface area contributed by atoms with Crippen LogP contribution in [0.1, 0.15) is 39.7 Å². The maximum atomic E-state index is 12.1. The van der Waals surface area contributed by atoms with Crippen LogP contribution in [0.5, 0.6) is 0 Å². The zero-order valence-electron chi connectivity index (χ0n) is 11.0. The average molecular weight is 246 g/mol. The Hall–Kier alpha value is -1.83. The number of anilines is 1.